The number of carbonyl (C=O) groups excluding carboxylic acids is 1. The number of rotatable bonds is 6. The van der Waals surface area contributed by atoms with Crippen LogP contribution in [-0.4, -0.2) is 23.1 Å². The molecule has 1 unspecified atom stereocenters. The van der Waals surface area contributed by atoms with Crippen molar-refractivity contribution in [3.05, 3.63) is 12.2 Å². The first-order chi connectivity index (χ1) is 6.60. The normalized spacial score (nSPS) is 12.7. The van der Waals surface area contributed by atoms with Gasteiger partial charge in [-0.05, 0) is 12.8 Å². The molecule has 1 N–H and O–H groups in total. The lowest BCUT2D eigenvalue weighted by molar-refractivity contribution is -0.144. The minimum absolute atomic E-state index is 0.106. The monoisotopic (exact) mass is 200 g/mol. The van der Waals surface area contributed by atoms with Gasteiger partial charge in [-0.1, -0.05) is 20.3 Å². The number of carboxylic acids is 1. The Balaban J connectivity index is 3.96. The minimum Gasteiger partial charge on any atom is -0.478 e. The summed E-state index contributed by atoms with van der Waals surface area (Å²) in [6.45, 7) is 3.93. The smallest absolute Gasteiger partial charge is 0.331 e. The van der Waals surface area contributed by atoms with Crippen LogP contribution in [0.2, 0.25) is 0 Å². The summed E-state index contributed by atoms with van der Waals surface area (Å²) in [5, 5.41) is 8.26. The Morgan fingerprint density at radius 2 is 2.00 bits per heavy atom. The Kier molecular flexibility index (Phi) is 6.45. The van der Waals surface area contributed by atoms with Gasteiger partial charge in [0.2, 0.25) is 0 Å². The summed E-state index contributed by atoms with van der Waals surface area (Å²) in [6.07, 6.45) is 4.10. The fourth-order valence-electron chi connectivity index (χ4n) is 1.01. The molecule has 0 saturated heterocycles. The number of hydrogen-bond donors (Lipinski definition) is 1. The van der Waals surface area contributed by atoms with Crippen LogP contribution in [0.3, 0.4) is 0 Å². The van der Waals surface area contributed by atoms with Gasteiger partial charge in [0.1, 0.15) is 6.10 Å². The third-order valence-electron chi connectivity index (χ3n) is 1.71. The first-order valence-electron chi connectivity index (χ1n) is 4.71. The molecule has 0 fully saturated rings. The van der Waals surface area contributed by atoms with Crippen LogP contribution >= 0.6 is 0 Å². The molecule has 0 spiro atoms. The van der Waals surface area contributed by atoms with Gasteiger partial charge in [-0.25, -0.2) is 9.59 Å². The van der Waals surface area contributed by atoms with E-state index in [-0.39, 0.29) is 6.10 Å². The quantitative estimate of drug-likeness (QED) is 0.524. The van der Waals surface area contributed by atoms with Crippen LogP contribution in [0.1, 0.15) is 33.1 Å². The molecule has 0 aromatic heterocycles. The summed E-state index contributed by atoms with van der Waals surface area (Å²) in [4.78, 5) is 21.1. The molecule has 0 rings (SSSR count). The van der Waals surface area contributed by atoms with Crippen molar-refractivity contribution in [2.45, 2.75) is 39.2 Å². The van der Waals surface area contributed by atoms with Crippen molar-refractivity contribution < 1.29 is 19.4 Å². The van der Waals surface area contributed by atoms with Crippen LogP contribution in [0.25, 0.3) is 0 Å². The van der Waals surface area contributed by atoms with E-state index in [4.69, 9.17) is 9.84 Å². The summed E-state index contributed by atoms with van der Waals surface area (Å²) < 4.78 is 5.00. The molecule has 0 aliphatic rings. The van der Waals surface area contributed by atoms with E-state index in [1.54, 1.807) is 0 Å². The molecule has 4 nitrogen and oxygen atoms in total. The second-order valence-corrected chi connectivity index (χ2v) is 2.93. The lowest BCUT2D eigenvalue weighted by Crippen LogP contribution is -2.15. The zero-order chi connectivity index (χ0) is 11.0. The molecule has 0 aliphatic carbocycles. The molecule has 14 heavy (non-hydrogen) atoms. The molecular weight excluding hydrogens is 184 g/mol. The number of esters is 1. The summed E-state index contributed by atoms with van der Waals surface area (Å²) in [5.41, 5.74) is 0. The summed E-state index contributed by atoms with van der Waals surface area (Å²) >= 11 is 0. The average Bonchev–Trinajstić information content (AvgIpc) is 2.14. The van der Waals surface area contributed by atoms with E-state index < -0.39 is 11.9 Å². The number of ether oxygens (including phenoxy) is 1. The molecule has 0 bridgehead atoms. The molecule has 0 aliphatic heterocycles. The lowest BCUT2D eigenvalue weighted by atomic mass is 10.2. The molecule has 0 amide bonds. The second-order valence-electron chi connectivity index (χ2n) is 2.93. The standard InChI is InChI=1S/C10H16O4/c1-3-5-8(4-2)14-10(13)7-6-9(11)12/h6-8H,3-5H2,1-2H3,(H,11,12)/b7-6+. The van der Waals surface area contributed by atoms with Gasteiger partial charge in [-0.15, -0.1) is 0 Å². The van der Waals surface area contributed by atoms with Gasteiger partial charge < -0.3 is 9.84 Å². The van der Waals surface area contributed by atoms with Gasteiger partial charge in [0.25, 0.3) is 0 Å². The maximum atomic E-state index is 11.0. The molecule has 80 valence electrons. The van der Waals surface area contributed by atoms with Gasteiger partial charge in [-0.3, -0.25) is 0 Å². The van der Waals surface area contributed by atoms with Crippen LogP contribution in [0.15, 0.2) is 12.2 Å². The maximum absolute atomic E-state index is 11.0. The van der Waals surface area contributed by atoms with Crippen LogP contribution < -0.4 is 0 Å². The predicted octanol–water partition coefficient (Wildman–Crippen LogP) is 1.75. The first-order valence-corrected chi connectivity index (χ1v) is 4.71. The number of aliphatic carboxylic acids is 1. The largest absolute Gasteiger partial charge is 0.478 e. The number of carbonyl (C=O) groups is 2. The van der Waals surface area contributed by atoms with E-state index in [0.29, 0.717) is 0 Å². The zero-order valence-electron chi connectivity index (χ0n) is 8.53. The molecule has 4 heteroatoms. The highest BCUT2D eigenvalue weighted by Crippen LogP contribution is 2.06. The fourth-order valence-corrected chi connectivity index (χ4v) is 1.01. The molecular formula is C10H16O4. The Morgan fingerprint density at radius 3 is 2.43 bits per heavy atom. The summed E-state index contributed by atoms with van der Waals surface area (Å²) in [5.74, 6) is -1.74. The Labute approximate surface area is 83.6 Å². The highest BCUT2D eigenvalue weighted by Gasteiger charge is 2.08. The van der Waals surface area contributed by atoms with E-state index in [0.717, 1.165) is 31.4 Å². The Bertz CT molecular complexity index is 220. The van der Waals surface area contributed by atoms with E-state index in [1.807, 2.05) is 13.8 Å². The second kappa shape index (κ2) is 7.12. The van der Waals surface area contributed by atoms with Gasteiger partial charge in [-0.2, -0.15) is 0 Å². The maximum Gasteiger partial charge on any atom is 0.331 e. The van der Waals surface area contributed by atoms with Crippen LogP contribution in [0, 0.1) is 0 Å². The van der Waals surface area contributed by atoms with E-state index in [1.165, 1.54) is 0 Å². The third kappa shape index (κ3) is 6.22. The van der Waals surface area contributed by atoms with Gasteiger partial charge in [0.05, 0.1) is 0 Å². The fraction of sp³-hybridized carbons (Fsp3) is 0.600. The molecule has 0 saturated carbocycles. The van der Waals surface area contributed by atoms with Gasteiger partial charge in [0.15, 0.2) is 0 Å². The molecule has 0 heterocycles. The van der Waals surface area contributed by atoms with Crippen molar-refractivity contribution in [2.24, 2.45) is 0 Å². The van der Waals surface area contributed by atoms with Crippen LogP contribution in [-0.2, 0) is 14.3 Å². The molecule has 0 radical (unpaired) electrons. The Morgan fingerprint density at radius 1 is 1.36 bits per heavy atom. The third-order valence-corrected chi connectivity index (χ3v) is 1.71. The van der Waals surface area contributed by atoms with Gasteiger partial charge in [0, 0.05) is 12.2 Å². The number of hydrogen-bond acceptors (Lipinski definition) is 3. The van der Waals surface area contributed by atoms with Crippen molar-refractivity contribution >= 4 is 11.9 Å². The molecule has 0 aromatic carbocycles. The van der Waals surface area contributed by atoms with Crippen molar-refractivity contribution in [3.8, 4) is 0 Å². The van der Waals surface area contributed by atoms with Crippen molar-refractivity contribution in [1.82, 2.24) is 0 Å². The van der Waals surface area contributed by atoms with E-state index in [9.17, 15) is 9.59 Å². The summed E-state index contributed by atoms with van der Waals surface area (Å²) in [7, 11) is 0. The summed E-state index contributed by atoms with van der Waals surface area (Å²) in [6, 6.07) is 0. The zero-order valence-corrected chi connectivity index (χ0v) is 8.53. The molecule has 0 aromatic rings. The van der Waals surface area contributed by atoms with Gasteiger partial charge >= 0.3 is 11.9 Å². The van der Waals surface area contributed by atoms with Crippen LogP contribution in [0.5, 0.6) is 0 Å². The minimum atomic E-state index is -1.15. The lowest BCUT2D eigenvalue weighted by Gasteiger charge is -2.13. The van der Waals surface area contributed by atoms with Crippen molar-refractivity contribution in [3.63, 3.8) is 0 Å². The number of carboxylic acid groups (broad SMARTS) is 1. The highest BCUT2D eigenvalue weighted by molar-refractivity contribution is 5.90. The predicted molar refractivity (Wildman–Crippen MR) is 51.9 cm³/mol. The topological polar surface area (TPSA) is 63.6 Å². The SMILES string of the molecule is CCCC(CC)OC(=O)/C=C/C(=O)O. The van der Waals surface area contributed by atoms with Crippen LogP contribution in [0.4, 0.5) is 0 Å². The Hall–Kier alpha value is -1.32. The van der Waals surface area contributed by atoms with E-state index >= 15 is 0 Å². The average molecular weight is 200 g/mol. The van der Waals surface area contributed by atoms with Crippen molar-refractivity contribution in [2.75, 3.05) is 0 Å². The first kappa shape index (κ1) is 12.7. The molecule has 1 atom stereocenters. The highest BCUT2D eigenvalue weighted by atomic mass is 16.5. The van der Waals surface area contributed by atoms with E-state index in [2.05, 4.69) is 0 Å². The van der Waals surface area contributed by atoms with Crippen molar-refractivity contribution in [1.29, 1.82) is 0 Å².